The molecule has 188 valence electrons. The molecule has 1 aromatic carbocycles. The van der Waals surface area contributed by atoms with Crippen molar-refractivity contribution in [3.8, 4) is 0 Å². The van der Waals surface area contributed by atoms with Crippen LogP contribution < -0.4 is 21.7 Å². The number of nitrogens with two attached hydrogens (primary N) is 1. The van der Waals surface area contributed by atoms with Gasteiger partial charge < -0.3 is 21.7 Å². The number of amides is 2. The Morgan fingerprint density at radius 1 is 1.34 bits per heavy atom. The van der Waals surface area contributed by atoms with E-state index in [1.807, 2.05) is 0 Å². The first-order chi connectivity index (χ1) is 16.3. The topological polar surface area (TPSA) is 165 Å². The van der Waals surface area contributed by atoms with Gasteiger partial charge in [-0.05, 0) is 36.6 Å². The number of carbonyl (C=O) groups excluding carboxylic acids is 2. The van der Waals surface area contributed by atoms with Crippen LogP contribution in [-0.4, -0.2) is 48.1 Å². The van der Waals surface area contributed by atoms with Crippen LogP contribution in [0.25, 0.3) is 0 Å². The second kappa shape index (κ2) is 8.64. The van der Waals surface area contributed by atoms with Crippen molar-refractivity contribution in [3.05, 3.63) is 35.5 Å². The van der Waals surface area contributed by atoms with Crippen LogP contribution in [0.5, 0.6) is 0 Å². The molecule has 11 nitrogen and oxygen atoms in total. The van der Waals surface area contributed by atoms with Crippen molar-refractivity contribution in [1.29, 1.82) is 0 Å². The molecule has 4 rings (SSSR count). The predicted molar refractivity (Wildman–Crippen MR) is 118 cm³/mol. The Morgan fingerprint density at radius 2 is 2.06 bits per heavy atom. The number of alkyl halides is 3. The van der Waals surface area contributed by atoms with Gasteiger partial charge in [-0.25, -0.2) is 4.98 Å². The minimum atomic E-state index is -4.88. The maximum atomic E-state index is 13.7. The van der Waals surface area contributed by atoms with E-state index in [0.29, 0.717) is 23.1 Å². The number of rotatable bonds is 9. The van der Waals surface area contributed by atoms with E-state index in [2.05, 4.69) is 30.1 Å². The molecule has 1 atom stereocenters. The Kier molecular flexibility index (Phi) is 6.09. The van der Waals surface area contributed by atoms with Crippen LogP contribution >= 0.6 is 0 Å². The number of fused-ring (bicyclic) bond motifs is 1. The fraction of sp³-hybridized carbons (Fsp3) is 0.400. The number of carbonyl (C=O) groups is 2. The fourth-order valence-corrected chi connectivity index (χ4v) is 5.42. The molecule has 0 spiro atoms. The number of anilines is 4. The van der Waals surface area contributed by atoms with Gasteiger partial charge in [-0.2, -0.15) is 26.6 Å². The highest BCUT2D eigenvalue weighted by atomic mass is 32.2. The molecule has 1 saturated carbocycles. The number of hydrogen-bond acceptors (Lipinski definition) is 9. The molecular formula is C20H21F3N6O5S. The minimum Gasteiger partial charge on any atom is -0.370 e. The van der Waals surface area contributed by atoms with Crippen molar-refractivity contribution in [1.82, 2.24) is 9.97 Å². The predicted octanol–water partition coefficient (Wildman–Crippen LogP) is 1.90. The highest BCUT2D eigenvalue weighted by Crippen LogP contribution is 2.49. The molecule has 2 heterocycles. The molecule has 35 heavy (non-hydrogen) atoms. The van der Waals surface area contributed by atoms with Gasteiger partial charge >= 0.3 is 6.18 Å². The van der Waals surface area contributed by atoms with E-state index in [9.17, 15) is 31.2 Å². The Bertz CT molecular complexity index is 1300. The van der Waals surface area contributed by atoms with Crippen molar-refractivity contribution in [2.75, 3.05) is 23.1 Å². The molecular weight excluding hydrogens is 493 g/mol. The summed E-state index contributed by atoms with van der Waals surface area (Å²) >= 11 is 0. The first kappa shape index (κ1) is 24.7. The van der Waals surface area contributed by atoms with Gasteiger partial charge in [0, 0.05) is 24.0 Å². The SMILES string of the molecule is COS(=O)(=O)C1(C(CC(N)=O)Nc2nc(Nc3ccc4c(c3)CC(=O)N4)ncc2C(F)(F)F)CC1. The summed E-state index contributed by atoms with van der Waals surface area (Å²) in [6, 6.07) is 3.51. The third kappa shape index (κ3) is 4.86. The van der Waals surface area contributed by atoms with E-state index < -0.39 is 50.8 Å². The monoisotopic (exact) mass is 514 g/mol. The van der Waals surface area contributed by atoms with E-state index in [1.54, 1.807) is 18.2 Å². The van der Waals surface area contributed by atoms with Crippen LogP contribution in [0.15, 0.2) is 24.4 Å². The van der Waals surface area contributed by atoms with Crippen LogP contribution in [0.2, 0.25) is 0 Å². The number of hydrogen-bond donors (Lipinski definition) is 4. The minimum absolute atomic E-state index is 0.0630. The molecule has 2 aromatic rings. The molecule has 0 radical (unpaired) electrons. The first-order valence-corrected chi connectivity index (χ1v) is 11.7. The Balaban J connectivity index is 1.68. The summed E-state index contributed by atoms with van der Waals surface area (Å²) in [4.78, 5) is 30.8. The second-order valence-corrected chi connectivity index (χ2v) is 10.3. The van der Waals surface area contributed by atoms with Gasteiger partial charge in [0.15, 0.2) is 0 Å². The van der Waals surface area contributed by atoms with E-state index in [0.717, 1.165) is 7.11 Å². The van der Waals surface area contributed by atoms with Crippen LogP contribution in [0.3, 0.4) is 0 Å². The van der Waals surface area contributed by atoms with Crippen molar-refractivity contribution >= 4 is 45.1 Å². The van der Waals surface area contributed by atoms with E-state index >= 15 is 0 Å². The molecule has 2 aliphatic rings. The van der Waals surface area contributed by atoms with Gasteiger partial charge in [0.05, 0.1) is 19.6 Å². The fourth-order valence-electron chi connectivity index (χ4n) is 3.99. The summed E-state index contributed by atoms with van der Waals surface area (Å²) in [6.45, 7) is 0. The van der Waals surface area contributed by atoms with Gasteiger partial charge in [-0.15, -0.1) is 0 Å². The number of aromatic nitrogens is 2. The van der Waals surface area contributed by atoms with Crippen LogP contribution in [-0.2, 0) is 36.5 Å². The van der Waals surface area contributed by atoms with Crippen molar-refractivity contribution in [2.45, 2.75) is 42.6 Å². The highest BCUT2D eigenvalue weighted by molar-refractivity contribution is 7.88. The van der Waals surface area contributed by atoms with Crippen molar-refractivity contribution in [2.24, 2.45) is 5.73 Å². The molecule has 0 saturated heterocycles. The standard InChI is InChI=1S/C20H21F3N6O5S/c1-34-35(32,33)19(4-5-19)14(8-15(24)30)28-17-12(20(21,22)23)9-25-18(29-17)26-11-2-3-13-10(6-11)7-16(31)27-13/h2-3,6,9,14H,4-5,7-8H2,1H3,(H2,24,30)(H,27,31)(H2,25,26,28,29). The number of benzene rings is 1. The smallest absolute Gasteiger partial charge is 0.370 e. The summed E-state index contributed by atoms with van der Waals surface area (Å²) in [5.74, 6) is -2.05. The largest absolute Gasteiger partial charge is 0.421 e. The zero-order valence-electron chi connectivity index (χ0n) is 18.3. The summed E-state index contributed by atoms with van der Waals surface area (Å²) in [7, 11) is -3.28. The van der Waals surface area contributed by atoms with Gasteiger partial charge in [-0.3, -0.25) is 13.8 Å². The van der Waals surface area contributed by atoms with Crippen molar-refractivity contribution in [3.63, 3.8) is 0 Å². The lowest BCUT2D eigenvalue weighted by molar-refractivity contribution is -0.137. The lowest BCUT2D eigenvalue weighted by Crippen LogP contribution is -2.45. The third-order valence-corrected chi connectivity index (χ3v) is 8.02. The van der Waals surface area contributed by atoms with Crippen LogP contribution in [0.1, 0.15) is 30.4 Å². The maximum Gasteiger partial charge on any atom is 0.421 e. The second-order valence-electron chi connectivity index (χ2n) is 8.23. The van der Waals surface area contributed by atoms with Crippen LogP contribution in [0.4, 0.5) is 36.3 Å². The maximum absolute atomic E-state index is 13.7. The number of nitrogens with one attached hydrogen (secondary N) is 3. The summed E-state index contributed by atoms with van der Waals surface area (Å²) in [5.41, 5.74) is 5.73. The normalized spacial score (nSPS) is 17.3. The average molecular weight is 514 g/mol. The molecule has 1 aromatic heterocycles. The van der Waals surface area contributed by atoms with Gasteiger partial charge in [0.25, 0.3) is 10.1 Å². The zero-order chi connectivity index (χ0) is 25.6. The van der Waals surface area contributed by atoms with Crippen molar-refractivity contribution < 1.29 is 35.4 Å². The first-order valence-electron chi connectivity index (χ1n) is 10.3. The molecule has 0 bridgehead atoms. The van der Waals surface area contributed by atoms with E-state index in [4.69, 9.17) is 5.73 Å². The van der Waals surface area contributed by atoms with Crippen LogP contribution in [0, 0.1) is 0 Å². The molecule has 2 amide bonds. The van der Waals surface area contributed by atoms with Gasteiger partial charge in [-0.1, -0.05) is 0 Å². The molecule has 1 fully saturated rings. The lowest BCUT2D eigenvalue weighted by Gasteiger charge is -2.27. The molecule has 1 aliphatic heterocycles. The average Bonchev–Trinajstić information content (AvgIpc) is 3.49. The van der Waals surface area contributed by atoms with E-state index in [1.165, 1.54) is 0 Å². The Morgan fingerprint density at radius 3 is 2.66 bits per heavy atom. The summed E-state index contributed by atoms with van der Waals surface area (Å²) in [6.07, 6.45) is -4.63. The quantitative estimate of drug-likeness (QED) is 0.366. The number of primary amides is 1. The third-order valence-electron chi connectivity index (χ3n) is 5.89. The number of nitrogens with zero attached hydrogens (tertiary/aromatic N) is 2. The molecule has 1 unspecified atom stereocenters. The number of halogens is 3. The summed E-state index contributed by atoms with van der Waals surface area (Å²) < 4.78 is 69.1. The molecule has 5 N–H and O–H groups in total. The lowest BCUT2D eigenvalue weighted by atomic mass is 10.1. The van der Waals surface area contributed by atoms with Gasteiger partial charge in [0.2, 0.25) is 17.8 Å². The zero-order valence-corrected chi connectivity index (χ0v) is 19.1. The Hall–Kier alpha value is -3.46. The Labute approximate surface area is 197 Å². The molecule has 15 heteroatoms. The highest BCUT2D eigenvalue weighted by Gasteiger charge is 2.61. The van der Waals surface area contributed by atoms with E-state index in [-0.39, 0.29) is 31.1 Å². The summed E-state index contributed by atoms with van der Waals surface area (Å²) in [5, 5.41) is 7.92. The molecule has 1 aliphatic carbocycles. The van der Waals surface area contributed by atoms with Gasteiger partial charge in [0.1, 0.15) is 16.1 Å².